The van der Waals surface area contributed by atoms with Crippen LogP contribution < -0.4 is 9.21 Å². The van der Waals surface area contributed by atoms with Crippen molar-refractivity contribution in [1.82, 2.24) is 0 Å². The lowest BCUT2D eigenvalue weighted by Gasteiger charge is -2.24. The Morgan fingerprint density at radius 2 is 1.75 bits per heavy atom. The van der Waals surface area contributed by atoms with Crippen LogP contribution in [0.15, 0.2) is 54.6 Å². The first kappa shape index (κ1) is 16.5. The first-order valence-corrected chi connectivity index (χ1v) is 9.73. The number of hydrogen-bond acceptors (Lipinski definition) is 3. The lowest BCUT2D eigenvalue weighted by Crippen LogP contribution is -2.36. The van der Waals surface area contributed by atoms with Crippen molar-refractivity contribution in [3.05, 3.63) is 60.2 Å². The molecule has 0 atom stereocenters. The minimum Gasteiger partial charge on any atom is -0.312 e. The molecule has 5 nitrogen and oxygen atoms in total. The van der Waals surface area contributed by atoms with E-state index in [4.69, 9.17) is 0 Å². The Hall–Kier alpha value is -2.34. The third kappa shape index (κ3) is 3.43. The zero-order valence-corrected chi connectivity index (χ0v) is 14.4. The molecule has 6 heteroatoms. The van der Waals surface area contributed by atoms with E-state index < -0.39 is 10.0 Å². The molecule has 1 amide bonds. The third-order valence-corrected chi connectivity index (χ3v) is 5.36. The van der Waals surface area contributed by atoms with Crippen LogP contribution >= 0.6 is 0 Å². The van der Waals surface area contributed by atoms with E-state index in [1.807, 2.05) is 30.3 Å². The van der Waals surface area contributed by atoms with Gasteiger partial charge in [-0.3, -0.25) is 9.10 Å². The molecule has 0 bridgehead atoms. The predicted molar refractivity (Wildman–Crippen MR) is 95.7 cm³/mol. The van der Waals surface area contributed by atoms with E-state index in [1.54, 1.807) is 29.2 Å². The molecular formula is C18H20N2O3S. The van der Waals surface area contributed by atoms with Crippen LogP contribution in [-0.2, 0) is 21.2 Å². The van der Waals surface area contributed by atoms with Gasteiger partial charge in [0.1, 0.15) is 0 Å². The standard InChI is InChI=1S/C18H20N2O3S/c1-24(22,23)20(16-8-3-2-4-9-16)14-12-18(21)19-13-11-15-7-5-6-10-17(15)19/h2-10H,11-14H2,1H3. The number of fused-ring (bicyclic) bond motifs is 1. The summed E-state index contributed by atoms with van der Waals surface area (Å²) >= 11 is 0. The highest BCUT2D eigenvalue weighted by Crippen LogP contribution is 2.28. The number of para-hydroxylation sites is 2. The van der Waals surface area contributed by atoms with Crippen LogP contribution in [0, 0.1) is 0 Å². The Balaban J connectivity index is 1.73. The molecule has 0 saturated heterocycles. The van der Waals surface area contributed by atoms with Gasteiger partial charge in [0.2, 0.25) is 15.9 Å². The van der Waals surface area contributed by atoms with E-state index in [9.17, 15) is 13.2 Å². The highest BCUT2D eigenvalue weighted by atomic mass is 32.2. The fourth-order valence-electron chi connectivity index (χ4n) is 3.01. The first-order chi connectivity index (χ1) is 11.5. The summed E-state index contributed by atoms with van der Waals surface area (Å²) in [6.07, 6.45) is 2.16. The summed E-state index contributed by atoms with van der Waals surface area (Å²) in [6, 6.07) is 16.7. The zero-order valence-electron chi connectivity index (χ0n) is 13.6. The van der Waals surface area contributed by atoms with Crippen LogP contribution in [0.1, 0.15) is 12.0 Å². The summed E-state index contributed by atoms with van der Waals surface area (Å²) in [5.74, 6) is -0.0514. The lowest BCUT2D eigenvalue weighted by atomic mass is 10.2. The normalized spacial score (nSPS) is 13.6. The topological polar surface area (TPSA) is 57.7 Å². The molecule has 0 saturated carbocycles. The predicted octanol–water partition coefficient (Wildman–Crippen LogP) is 2.43. The Kier molecular flexibility index (Phi) is 4.57. The van der Waals surface area contributed by atoms with Crippen LogP contribution in [-0.4, -0.2) is 33.7 Å². The molecule has 3 rings (SSSR count). The molecule has 0 aliphatic carbocycles. The van der Waals surface area contributed by atoms with Gasteiger partial charge < -0.3 is 4.90 Å². The second-order valence-electron chi connectivity index (χ2n) is 5.84. The van der Waals surface area contributed by atoms with Crippen molar-refractivity contribution in [3.8, 4) is 0 Å². The van der Waals surface area contributed by atoms with Gasteiger partial charge in [-0.2, -0.15) is 0 Å². The zero-order chi connectivity index (χ0) is 17.2. The van der Waals surface area contributed by atoms with Crippen molar-refractivity contribution in [2.45, 2.75) is 12.8 Å². The molecule has 0 spiro atoms. The number of carbonyl (C=O) groups is 1. The maximum atomic E-state index is 12.6. The molecule has 126 valence electrons. The fourth-order valence-corrected chi connectivity index (χ4v) is 3.94. The summed E-state index contributed by atoms with van der Waals surface area (Å²) in [6.45, 7) is 0.794. The number of carbonyl (C=O) groups excluding carboxylic acids is 1. The van der Waals surface area contributed by atoms with E-state index in [1.165, 1.54) is 4.31 Å². The molecule has 0 radical (unpaired) electrons. The molecule has 24 heavy (non-hydrogen) atoms. The summed E-state index contributed by atoms with van der Waals surface area (Å²) in [7, 11) is -3.44. The summed E-state index contributed by atoms with van der Waals surface area (Å²) < 4.78 is 25.4. The minimum absolute atomic E-state index is 0.0514. The highest BCUT2D eigenvalue weighted by Gasteiger charge is 2.25. The molecule has 0 N–H and O–H groups in total. The van der Waals surface area contributed by atoms with Crippen molar-refractivity contribution in [3.63, 3.8) is 0 Å². The van der Waals surface area contributed by atoms with Gasteiger partial charge in [-0.15, -0.1) is 0 Å². The number of sulfonamides is 1. The number of benzene rings is 2. The average Bonchev–Trinajstić information content (AvgIpc) is 2.99. The van der Waals surface area contributed by atoms with Gasteiger partial charge in [0.25, 0.3) is 0 Å². The summed E-state index contributed by atoms with van der Waals surface area (Å²) in [5, 5.41) is 0. The monoisotopic (exact) mass is 344 g/mol. The van der Waals surface area contributed by atoms with Crippen LogP contribution in [0.3, 0.4) is 0 Å². The van der Waals surface area contributed by atoms with E-state index >= 15 is 0 Å². The van der Waals surface area contributed by atoms with Crippen LogP contribution in [0.4, 0.5) is 11.4 Å². The van der Waals surface area contributed by atoms with Gasteiger partial charge in [-0.1, -0.05) is 36.4 Å². The van der Waals surface area contributed by atoms with E-state index in [0.29, 0.717) is 12.2 Å². The Morgan fingerprint density at radius 3 is 2.46 bits per heavy atom. The van der Waals surface area contributed by atoms with Crippen molar-refractivity contribution in [1.29, 1.82) is 0 Å². The molecule has 1 aliphatic rings. The second kappa shape index (κ2) is 6.65. The van der Waals surface area contributed by atoms with Crippen molar-refractivity contribution >= 4 is 27.3 Å². The molecule has 0 fully saturated rings. The van der Waals surface area contributed by atoms with Gasteiger partial charge in [-0.25, -0.2) is 8.42 Å². The fraction of sp³-hybridized carbons (Fsp3) is 0.278. The van der Waals surface area contributed by atoms with Gasteiger partial charge in [-0.05, 0) is 30.2 Å². The third-order valence-electron chi connectivity index (χ3n) is 4.16. The molecule has 2 aromatic rings. The molecule has 1 aliphatic heterocycles. The molecule has 1 heterocycles. The Morgan fingerprint density at radius 1 is 1.08 bits per heavy atom. The van der Waals surface area contributed by atoms with Crippen molar-refractivity contribution < 1.29 is 13.2 Å². The van der Waals surface area contributed by atoms with Crippen molar-refractivity contribution in [2.24, 2.45) is 0 Å². The quantitative estimate of drug-likeness (QED) is 0.837. The Labute approximate surface area is 142 Å². The highest BCUT2D eigenvalue weighted by molar-refractivity contribution is 7.92. The van der Waals surface area contributed by atoms with Crippen LogP contribution in [0.5, 0.6) is 0 Å². The van der Waals surface area contributed by atoms with Gasteiger partial charge in [0.05, 0.1) is 11.9 Å². The van der Waals surface area contributed by atoms with E-state index in [-0.39, 0.29) is 18.9 Å². The Bertz CT molecular complexity index is 834. The van der Waals surface area contributed by atoms with Gasteiger partial charge in [0.15, 0.2) is 0 Å². The summed E-state index contributed by atoms with van der Waals surface area (Å²) in [4.78, 5) is 14.3. The van der Waals surface area contributed by atoms with Gasteiger partial charge >= 0.3 is 0 Å². The number of nitrogens with zero attached hydrogens (tertiary/aromatic N) is 2. The number of rotatable bonds is 5. The molecular weight excluding hydrogens is 324 g/mol. The lowest BCUT2D eigenvalue weighted by molar-refractivity contribution is -0.118. The van der Waals surface area contributed by atoms with E-state index in [0.717, 1.165) is 23.9 Å². The van der Waals surface area contributed by atoms with E-state index in [2.05, 4.69) is 0 Å². The largest absolute Gasteiger partial charge is 0.312 e. The first-order valence-electron chi connectivity index (χ1n) is 7.88. The van der Waals surface area contributed by atoms with Gasteiger partial charge in [0, 0.05) is 25.2 Å². The van der Waals surface area contributed by atoms with Crippen molar-refractivity contribution in [2.75, 3.05) is 28.6 Å². The second-order valence-corrected chi connectivity index (χ2v) is 7.75. The molecule has 0 aromatic heterocycles. The SMILES string of the molecule is CS(=O)(=O)N(CCC(=O)N1CCc2ccccc21)c1ccccc1. The van der Waals surface area contributed by atoms with Crippen LogP contribution in [0.2, 0.25) is 0 Å². The smallest absolute Gasteiger partial charge is 0.232 e. The minimum atomic E-state index is -3.44. The maximum Gasteiger partial charge on any atom is 0.232 e. The number of anilines is 2. The average molecular weight is 344 g/mol. The maximum absolute atomic E-state index is 12.6. The molecule has 0 unspecified atom stereocenters. The van der Waals surface area contributed by atoms with Crippen LogP contribution in [0.25, 0.3) is 0 Å². The summed E-state index contributed by atoms with van der Waals surface area (Å²) in [5.41, 5.74) is 2.68. The number of hydrogen-bond donors (Lipinski definition) is 0. The molecule has 2 aromatic carbocycles. The number of amides is 1.